The van der Waals surface area contributed by atoms with E-state index in [4.69, 9.17) is 11.5 Å². The molecule has 24 heavy (non-hydrogen) atoms. The summed E-state index contributed by atoms with van der Waals surface area (Å²) in [5, 5.41) is 0. The molecule has 2 aromatic carbocycles. The van der Waals surface area contributed by atoms with Crippen molar-refractivity contribution in [1.82, 2.24) is 0 Å². The van der Waals surface area contributed by atoms with Crippen molar-refractivity contribution in [3.05, 3.63) is 77.1 Å². The molecule has 0 spiro atoms. The molecule has 0 unspecified atom stereocenters. The molecule has 2 rings (SSSR count). The fraction of sp³-hybridized carbons (Fsp3) is 0.118. The van der Waals surface area contributed by atoms with Crippen molar-refractivity contribution in [2.24, 2.45) is 16.5 Å². The third kappa shape index (κ3) is 4.34. The third-order valence-electron chi connectivity index (χ3n) is 3.24. The number of benzene rings is 2. The normalized spacial score (nSPS) is 13.2. The van der Waals surface area contributed by atoms with Gasteiger partial charge in [-0.15, -0.1) is 0 Å². The fourth-order valence-corrected chi connectivity index (χ4v) is 2.09. The first-order valence-corrected chi connectivity index (χ1v) is 6.96. The van der Waals surface area contributed by atoms with Crippen LogP contribution in [0, 0.1) is 5.82 Å². The average molecular weight is 337 g/mol. The molecule has 3 nitrogen and oxygen atoms in total. The van der Waals surface area contributed by atoms with Gasteiger partial charge in [-0.3, -0.25) is 4.99 Å². The summed E-state index contributed by atoms with van der Waals surface area (Å²) in [6.45, 7) is -0.261. The molecule has 0 heterocycles. The maximum atomic E-state index is 13.6. The highest BCUT2D eigenvalue weighted by atomic mass is 19.4. The molecular formula is C17H15F4N3. The highest BCUT2D eigenvalue weighted by molar-refractivity contribution is 5.97. The zero-order valence-electron chi connectivity index (χ0n) is 12.5. The smallest absolute Gasteiger partial charge is 0.398 e. The summed E-state index contributed by atoms with van der Waals surface area (Å²) in [7, 11) is 0. The van der Waals surface area contributed by atoms with Gasteiger partial charge in [0.1, 0.15) is 11.7 Å². The number of amidine groups is 1. The molecule has 0 aliphatic carbocycles. The number of nitrogens with two attached hydrogens (primary N) is 2. The first-order valence-electron chi connectivity index (χ1n) is 6.96. The minimum atomic E-state index is -4.47. The van der Waals surface area contributed by atoms with Gasteiger partial charge in [-0.25, -0.2) is 4.39 Å². The summed E-state index contributed by atoms with van der Waals surface area (Å²) in [5.41, 5.74) is 10.8. The van der Waals surface area contributed by atoms with Gasteiger partial charge in [-0.05, 0) is 23.8 Å². The number of aliphatic imine (C=N–C) groups is 1. The number of hydrogen-bond acceptors (Lipinski definition) is 2. The molecule has 0 amide bonds. The number of alkyl halides is 3. The summed E-state index contributed by atoms with van der Waals surface area (Å²) < 4.78 is 52.3. The zero-order valence-corrected chi connectivity index (χ0v) is 12.5. The Bertz CT molecular complexity index is 779. The third-order valence-corrected chi connectivity index (χ3v) is 3.24. The highest BCUT2D eigenvalue weighted by Gasteiger charge is 2.32. The highest BCUT2D eigenvalue weighted by Crippen LogP contribution is 2.32. The van der Waals surface area contributed by atoms with Crippen LogP contribution in [0.5, 0.6) is 0 Å². The van der Waals surface area contributed by atoms with Crippen LogP contribution in [0.3, 0.4) is 0 Å². The van der Waals surface area contributed by atoms with E-state index in [1.807, 2.05) is 0 Å². The van der Waals surface area contributed by atoms with E-state index in [2.05, 4.69) is 4.99 Å². The second-order valence-corrected chi connectivity index (χ2v) is 4.98. The van der Waals surface area contributed by atoms with Crippen LogP contribution in [0.1, 0.15) is 16.7 Å². The van der Waals surface area contributed by atoms with E-state index in [-0.39, 0.29) is 29.2 Å². The van der Waals surface area contributed by atoms with Gasteiger partial charge in [0.15, 0.2) is 0 Å². The molecule has 0 bridgehead atoms. The van der Waals surface area contributed by atoms with Gasteiger partial charge in [0, 0.05) is 17.3 Å². The lowest BCUT2D eigenvalue weighted by Gasteiger charge is -2.11. The van der Waals surface area contributed by atoms with Crippen LogP contribution in [0.4, 0.5) is 17.6 Å². The van der Waals surface area contributed by atoms with Crippen molar-refractivity contribution < 1.29 is 17.6 Å². The minimum Gasteiger partial charge on any atom is -0.398 e. The van der Waals surface area contributed by atoms with Crippen molar-refractivity contribution in [2.45, 2.75) is 12.7 Å². The second kappa shape index (κ2) is 7.16. The van der Waals surface area contributed by atoms with Crippen LogP contribution in [0.25, 0.3) is 5.70 Å². The van der Waals surface area contributed by atoms with E-state index in [0.717, 1.165) is 6.07 Å². The predicted molar refractivity (Wildman–Crippen MR) is 85.3 cm³/mol. The molecule has 2 aromatic rings. The van der Waals surface area contributed by atoms with Crippen LogP contribution in [0.15, 0.2) is 59.6 Å². The fourth-order valence-electron chi connectivity index (χ4n) is 2.09. The molecule has 0 aliphatic rings. The Morgan fingerprint density at radius 1 is 1.00 bits per heavy atom. The number of rotatable bonds is 4. The SMILES string of the molecule is NC(/C=C(\N)c1ccccc1F)=NCc1ccccc1C(F)(F)F. The van der Waals surface area contributed by atoms with Gasteiger partial charge < -0.3 is 11.5 Å². The lowest BCUT2D eigenvalue weighted by Crippen LogP contribution is -2.13. The van der Waals surface area contributed by atoms with Gasteiger partial charge in [0.05, 0.1) is 12.1 Å². The largest absolute Gasteiger partial charge is 0.416 e. The second-order valence-electron chi connectivity index (χ2n) is 4.98. The molecule has 126 valence electrons. The first kappa shape index (κ1) is 17.5. The van der Waals surface area contributed by atoms with Crippen molar-refractivity contribution in [3.63, 3.8) is 0 Å². The minimum absolute atomic E-state index is 0.00851. The summed E-state index contributed by atoms with van der Waals surface area (Å²) in [6, 6.07) is 10.9. The molecule has 4 N–H and O–H groups in total. The number of nitrogens with zero attached hydrogens (tertiary/aromatic N) is 1. The monoisotopic (exact) mass is 337 g/mol. The number of halogens is 4. The quantitative estimate of drug-likeness (QED) is 0.507. The molecule has 0 saturated heterocycles. The molecule has 0 aliphatic heterocycles. The first-order chi connectivity index (χ1) is 11.3. The van der Waals surface area contributed by atoms with Gasteiger partial charge in [0.2, 0.25) is 0 Å². The van der Waals surface area contributed by atoms with E-state index in [9.17, 15) is 17.6 Å². The van der Waals surface area contributed by atoms with Crippen molar-refractivity contribution >= 4 is 11.5 Å². The van der Waals surface area contributed by atoms with Gasteiger partial charge in [0.25, 0.3) is 0 Å². The van der Waals surface area contributed by atoms with E-state index < -0.39 is 17.6 Å². The molecule has 0 saturated carbocycles. The van der Waals surface area contributed by atoms with Crippen LogP contribution in [-0.4, -0.2) is 5.84 Å². The van der Waals surface area contributed by atoms with E-state index in [1.165, 1.54) is 42.5 Å². The molecule has 7 heteroatoms. The predicted octanol–water partition coefficient (Wildman–Crippen LogP) is 3.70. The van der Waals surface area contributed by atoms with Crippen molar-refractivity contribution in [3.8, 4) is 0 Å². The topological polar surface area (TPSA) is 64.4 Å². The lowest BCUT2D eigenvalue weighted by molar-refractivity contribution is -0.138. The van der Waals surface area contributed by atoms with E-state index >= 15 is 0 Å². The van der Waals surface area contributed by atoms with Gasteiger partial charge >= 0.3 is 6.18 Å². The molecule has 0 aromatic heterocycles. The zero-order chi connectivity index (χ0) is 17.7. The van der Waals surface area contributed by atoms with Crippen LogP contribution in [0.2, 0.25) is 0 Å². The van der Waals surface area contributed by atoms with Crippen molar-refractivity contribution in [2.75, 3.05) is 0 Å². The van der Waals surface area contributed by atoms with Crippen LogP contribution in [-0.2, 0) is 12.7 Å². The Kier molecular flexibility index (Phi) is 5.23. The summed E-state index contributed by atoms with van der Waals surface area (Å²) in [6.07, 6.45) is -3.25. The van der Waals surface area contributed by atoms with Crippen molar-refractivity contribution in [1.29, 1.82) is 0 Å². The molecule has 0 fully saturated rings. The van der Waals surface area contributed by atoms with Crippen LogP contribution >= 0.6 is 0 Å². The Balaban J connectivity index is 2.22. The Hall–Kier alpha value is -2.83. The van der Waals surface area contributed by atoms with E-state index in [0.29, 0.717) is 0 Å². The summed E-state index contributed by atoms with van der Waals surface area (Å²) >= 11 is 0. The summed E-state index contributed by atoms with van der Waals surface area (Å²) in [5.74, 6) is -0.616. The van der Waals surface area contributed by atoms with Gasteiger partial charge in [-0.2, -0.15) is 13.2 Å². The Morgan fingerprint density at radius 3 is 2.29 bits per heavy atom. The number of hydrogen-bond donors (Lipinski definition) is 2. The maximum absolute atomic E-state index is 13.6. The van der Waals surface area contributed by atoms with Crippen LogP contribution < -0.4 is 11.5 Å². The van der Waals surface area contributed by atoms with E-state index in [1.54, 1.807) is 6.07 Å². The summed E-state index contributed by atoms with van der Waals surface area (Å²) in [4.78, 5) is 3.88. The van der Waals surface area contributed by atoms with Gasteiger partial charge in [-0.1, -0.05) is 30.3 Å². The maximum Gasteiger partial charge on any atom is 0.416 e. The Morgan fingerprint density at radius 2 is 1.62 bits per heavy atom. The lowest BCUT2D eigenvalue weighted by atomic mass is 10.1. The molecule has 0 radical (unpaired) electrons. The Labute approximate surface area is 136 Å². The molecular weight excluding hydrogens is 322 g/mol. The molecule has 0 atom stereocenters. The average Bonchev–Trinajstić information content (AvgIpc) is 2.52. The standard InChI is InChI=1S/C17H15F4N3/c18-14-8-4-2-6-12(14)15(22)9-16(23)24-10-11-5-1-3-7-13(11)17(19,20)21/h1-9H,10,22H2,(H2,23,24)/b15-9-.